The van der Waals surface area contributed by atoms with Crippen LogP contribution in [0.15, 0.2) is 58.7 Å². The minimum absolute atomic E-state index is 0.149. The maximum Gasteiger partial charge on any atom is 0.276 e. The molecule has 8 nitrogen and oxygen atoms in total. The number of hydrogen-bond acceptors (Lipinski definition) is 6. The molecule has 1 aromatic heterocycles. The van der Waals surface area contributed by atoms with Gasteiger partial charge in [-0.15, -0.1) is 0 Å². The molecule has 2 N–H and O–H groups in total. The normalized spacial score (nSPS) is 11.8. The van der Waals surface area contributed by atoms with E-state index in [1.165, 1.54) is 6.21 Å². The molecular weight excluding hydrogens is 404 g/mol. The Balaban J connectivity index is 1.79. The lowest BCUT2D eigenvalue weighted by Gasteiger charge is -2.09. The Morgan fingerprint density at radius 1 is 1.07 bits per heavy atom. The number of hydrazone groups is 1. The van der Waals surface area contributed by atoms with E-state index in [1.54, 1.807) is 56.8 Å². The Hall–Kier alpha value is -3.33. The lowest BCUT2D eigenvalue weighted by Crippen LogP contribution is -2.18. The second-order valence-electron chi connectivity index (χ2n) is 6.85. The predicted octanol–water partition coefficient (Wildman–Crippen LogP) is 3.53. The quantitative estimate of drug-likeness (QED) is 0.422. The number of methoxy groups -OCH3 is 2. The van der Waals surface area contributed by atoms with Crippen LogP contribution in [0, 0.1) is 0 Å². The smallest absolute Gasteiger partial charge is 0.276 e. The second kappa shape index (κ2) is 9.00. The molecule has 0 radical (unpaired) electrons. The molecule has 0 aliphatic heterocycles. The fraction of sp³-hybridized carbons (Fsp3) is 0.238. The van der Waals surface area contributed by atoms with Gasteiger partial charge in [0.1, 0.15) is 0 Å². The van der Waals surface area contributed by atoms with Gasteiger partial charge in [0.25, 0.3) is 10.0 Å². The van der Waals surface area contributed by atoms with Crippen LogP contribution in [0.1, 0.15) is 30.9 Å². The molecule has 0 amide bonds. The highest BCUT2D eigenvalue weighted by molar-refractivity contribution is 7.89. The fourth-order valence-electron chi connectivity index (χ4n) is 2.87. The number of hydrogen-bond donors (Lipinski definition) is 2. The number of sulfonamides is 1. The van der Waals surface area contributed by atoms with Gasteiger partial charge in [0.05, 0.1) is 37.2 Å². The fourth-order valence-corrected chi connectivity index (χ4v) is 3.66. The summed E-state index contributed by atoms with van der Waals surface area (Å²) < 4.78 is 35.5. The largest absolute Gasteiger partial charge is 0.493 e. The Labute approximate surface area is 176 Å². The van der Waals surface area contributed by atoms with Gasteiger partial charge in [-0.2, -0.15) is 18.6 Å². The first kappa shape index (κ1) is 21.4. The molecular formula is C21H24N4O4S. The average molecular weight is 429 g/mol. The number of aromatic nitrogens is 2. The van der Waals surface area contributed by atoms with Crippen molar-refractivity contribution in [2.75, 3.05) is 14.2 Å². The molecule has 9 heteroatoms. The van der Waals surface area contributed by atoms with Crippen LogP contribution in [-0.4, -0.2) is 39.0 Å². The average Bonchev–Trinajstić information content (AvgIpc) is 3.21. The van der Waals surface area contributed by atoms with Crippen LogP contribution >= 0.6 is 0 Å². The SMILES string of the molecule is COc1ccc(-c2[nH]ncc2/C=N\NS(=O)(=O)c2ccc(C(C)C)cc2)cc1OC. The minimum Gasteiger partial charge on any atom is -0.493 e. The van der Waals surface area contributed by atoms with Gasteiger partial charge in [-0.3, -0.25) is 5.10 Å². The zero-order valence-electron chi connectivity index (χ0n) is 17.2. The summed E-state index contributed by atoms with van der Waals surface area (Å²) in [6, 6.07) is 12.2. The summed E-state index contributed by atoms with van der Waals surface area (Å²) in [6.45, 7) is 4.10. The maximum absolute atomic E-state index is 12.5. The highest BCUT2D eigenvalue weighted by atomic mass is 32.2. The molecule has 158 valence electrons. The summed E-state index contributed by atoms with van der Waals surface area (Å²) in [5, 5.41) is 10.8. The third-order valence-electron chi connectivity index (χ3n) is 4.57. The molecule has 0 atom stereocenters. The Kier molecular flexibility index (Phi) is 6.41. The van der Waals surface area contributed by atoms with Crippen molar-refractivity contribution in [1.29, 1.82) is 0 Å². The van der Waals surface area contributed by atoms with Crippen molar-refractivity contribution >= 4 is 16.2 Å². The van der Waals surface area contributed by atoms with Crippen molar-refractivity contribution in [2.24, 2.45) is 5.10 Å². The van der Waals surface area contributed by atoms with Crippen molar-refractivity contribution in [3.05, 3.63) is 59.8 Å². The monoisotopic (exact) mass is 428 g/mol. The van der Waals surface area contributed by atoms with Crippen LogP contribution in [0.5, 0.6) is 11.5 Å². The van der Waals surface area contributed by atoms with Crippen molar-refractivity contribution in [3.8, 4) is 22.8 Å². The molecule has 0 saturated heterocycles. The van der Waals surface area contributed by atoms with Crippen LogP contribution in [-0.2, 0) is 10.0 Å². The van der Waals surface area contributed by atoms with Crippen molar-refractivity contribution in [3.63, 3.8) is 0 Å². The van der Waals surface area contributed by atoms with Crippen LogP contribution < -0.4 is 14.3 Å². The summed E-state index contributed by atoms with van der Waals surface area (Å²) in [4.78, 5) is 2.39. The van der Waals surface area contributed by atoms with Gasteiger partial charge in [-0.1, -0.05) is 26.0 Å². The highest BCUT2D eigenvalue weighted by Gasteiger charge is 2.14. The van der Waals surface area contributed by atoms with E-state index < -0.39 is 10.0 Å². The van der Waals surface area contributed by atoms with E-state index >= 15 is 0 Å². The molecule has 0 bridgehead atoms. The van der Waals surface area contributed by atoms with Gasteiger partial charge < -0.3 is 9.47 Å². The van der Waals surface area contributed by atoms with Gasteiger partial charge in [-0.05, 0) is 41.8 Å². The molecule has 0 aliphatic carbocycles. The zero-order valence-corrected chi connectivity index (χ0v) is 18.0. The molecule has 0 unspecified atom stereocenters. The summed E-state index contributed by atoms with van der Waals surface area (Å²) in [5.74, 6) is 1.49. The number of ether oxygens (including phenoxy) is 2. The maximum atomic E-state index is 12.5. The first-order valence-electron chi connectivity index (χ1n) is 9.26. The van der Waals surface area contributed by atoms with Crippen LogP contribution in [0.3, 0.4) is 0 Å². The molecule has 1 heterocycles. The van der Waals surface area contributed by atoms with Crippen LogP contribution in [0.2, 0.25) is 0 Å². The third kappa shape index (κ3) is 4.62. The Bertz CT molecular complexity index is 1140. The number of aromatic amines is 1. The number of rotatable bonds is 8. The minimum atomic E-state index is -3.77. The molecule has 0 fully saturated rings. The van der Waals surface area contributed by atoms with Crippen molar-refractivity contribution < 1.29 is 17.9 Å². The van der Waals surface area contributed by atoms with Gasteiger partial charge in [-0.25, -0.2) is 4.83 Å². The van der Waals surface area contributed by atoms with Crippen LogP contribution in [0.25, 0.3) is 11.3 Å². The number of benzene rings is 2. The van der Waals surface area contributed by atoms with E-state index in [2.05, 4.69) is 20.1 Å². The van der Waals surface area contributed by atoms with E-state index in [9.17, 15) is 8.42 Å². The molecule has 0 saturated carbocycles. The molecule has 3 rings (SSSR count). The van der Waals surface area contributed by atoms with E-state index in [1.807, 2.05) is 19.9 Å². The third-order valence-corrected chi connectivity index (χ3v) is 5.81. The van der Waals surface area contributed by atoms with E-state index in [4.69, 9.17) is 9.47 Å². The van der Waals surface area contributed by atoms with E-state index in [-0.39, 0.29) is 4.90 Å². The number of nitrogens with zero attached hydrogens (tertiary/aromatic N) is 2. The predicted molar refractivity (Wildman–Crippen MR) is 116 cm³/mol. The summed E-state index contributed by atoms with van der Waals surface area (Å²) in [7, 11) is -0.649. The Morgan fingerprint density at radius 3 is 2.40 bits per heavy atom. The highest BCUT2D eigenvalue weighted by Crippen LogP contribution is 2.32. The molecule has 0 aliphatic rings. The standard InChI is InChI=1S/C21H24N4O4S/c1-14(2)15-5-8-18(9-6-15)30(26,27)25-23-13-17-12-22-24-21(17)16-7-10-19(28-3)20(11-16)29-4/h5-14,25H,1-4H3,(H,22,24)/b23-13-. The number of H-pyrrole nitrogens is 1. The van der Waals surface area contributed by atoms with Gasteiger partial charge >= 0.3 is 0 Å². The first-order chi connectivity index (χ1) is 14.4. The topological polar surface area (TPSA) is 106 Å². The lowest BCUT2D eigenvalue weighted by atomic mass is 10.0. The van der Waals surface area contributed by atoms with Gasteiger partial charge in [0.15, 0.2) is 11.5 Å². The summed E-state index contributed by atoms with van der Waals surface area (Å²) in [6.07, 6.45) is 2.96. The van der Waals surface area contributed by atoms with Crippen molar-refractivity contribution in [2.45, 2.75) is 24.7 Å². The molecule has 2 aromatic carbocycles. The zero-order chi connectivity index (χ0) is 21.7. The molecule has 3 aromatic rings. The summed E-state index contributed by atoms with van der Waals surface area (Å²) in [5.41, 5.74) is 3.13. The van der Waals surface area contributed by atoms with Crippen LogP contribution in [0.4, 0.5) is 0 Å². The molecule has 0 spiro atoms. The van der Waals surface area contributed by atoms with Crippen molar-refractivity contribution in [1.82, 2.24) is 15.0 Å². The van der Waals surface area contributed by atoms with E-state index in [0.717, 1.165) is 11.1 Å². The number of nitrogens with one attached hydrogen (secondary N) is 2. The van der Waals surface area contributed by atoms with Gasteiger partial charge in [0, 0.05) is 11.1 Å². The lowest BCUT2D eigenvalue weighted by molar-refractivity contribution is 0.355. The summed E-state index contributed by atoms with van der Waals surface area (Å²) >= 11 is 0. The Morgan fingerprint density at radius 2 is 1.77 bits per heavy atom. The van der Waals surface area contributed by atoms with Gasteiger partial charge in [0.2, 0.25) is 0 Å². The first-order valence-corrected chi connectivity index (χ1v) is 10.7. The van der Waals surface area contributed by atoms with E-state index in [0.29, 0.717) is 28.7 Å². The second-order valence-corrected chi connectivity index (χ2v) is 8.51. The molecule has 30 heavy (non-hydrogen) atoms.